The van der Waals surface area contributed by atoms with Crippen molar-refractivity contribution in [2.45, 2.75) is 32.5 Å². The molecule has 0 amide bonds. The van der Waals surface area contributed by atoms with Crippen LogP contribution in [0.4, 0.5) is 8.78 Å². The van der Waals surface area contributed by atoms with Crippen molar-refractivity contribution in [1.29, 1.82) is 0 Å². The fourth-order valence-corrected chi connectivity index (χ4v) is 1.87. The van der Waals surface area contributed by atoms with Crippen LogP contribution in [0.2, 0.25) is 0 Å². The quantitative estimate of drug-likeness (QED) is 0.850. The van der Waals surface area contributed by atoms with Gasteiger partial charge in [-0.05, 0) is 30.0 Å². The lowest BCUT2D eigenvalue weighted by Crippen LogP contribution is -2.17. The van der Waals surface area contributed by atoms with Crippen LogP contribution in [0.1, 0.15) is 18.9 Å². The molecule has 1 aliphatic carbocycles. The largest absolute Gasteiger partial charge is 0.493 e. The Balaban J connectivity index is 2.01. The smallest absolute Gasteiger partial charge is 0.387 e. The Bertz CT molecular complexity index is 412. The fraction of sp³-hybridized carbons (Fsp3) is 0.538. The summed E-state index contributed by atoms with van der Waals surface area (Å²) in [4.78, 5) is 0. The number of benzene rings is 1. The molecule has 1 saturated carbocycles. The molecule has 0 radical (unpaired) electrons. The Labute approximate surface area is 105 Å². The van der Waals surface area contributed by atoms with E-state index in [9.17, 15) is 8.78 Å². The minimum atomic E-state index is -2.84. The number of alkyl halides is 2. The maximum Gasteiger partial charge on any atom is 0.387 e. The average Bonchev–Trinajstić information content (AvgIpc) is 3.02. The Kier molecular flexibility index (Phi) is 4.01. The third kappa shape index (κ3) is 3.32. The van der Waals surface area contributed by atoms with Gasteiger partial charge in [-0.25, -0.2) is 0 Å². The fourth-order valence-electron chi connectivity index (χ4n) is 1.87. The number of ether oxygens (including phenoxy) is 2. The molecule has 0 bridgehead atoms. The molecule has 0 heterocycles. The Morgan fingerprint density at radius 1 is 1.39 bits per heavy atom. The van der Waals surface area contributed by atoms with Crippen molar-refractivity contribution in [2.75, 3.05) is 7.11 Å². The molecule has 0 aromatic heterocycles. The molecule has 0 spiro atoms. The number of nitrogens with one attached hydrogen (secondary N) is 1. The van der Waals surface area contributed by atoms with E-state index in [0.717, 1.165) is 5.56 Å². The van der Waals surface area contributed by atoms with E-state index in [2.05, 4.69) is 17.0 Å². The standard InChI is InChI=1S/C13H17F2NO2/c1-8-5-10(8)16-7-9-3-4-11(17-2)12(6-9)18-13(14)15/h3-4,6,8,10,13,16H,5,7H2,1-2H3. The lowest BCUT2D eigenvalue weighted by Gasteiger charge is -2.12. The van der Waals surface area contributed by atoms with Gasteiger partial charge in [-0.1, -0.05) is 13.0 Å². The van der Waals surface area contributed by atoms with E-state index in [0.29, 0.717) is 24.3 Å². The highest BCUT2D eigenvalue weighted by Gasteiger charge is 2.31. The number of rotatable bonds is 6. The number of halogens is 2. The molecule has 100 valence electrons. The van der Waals surface area contributed by atoms with Crippen molar-refractivity contribution in [3.63, 3.8) is 0 Å². The molecule has 3 nitrogen and oxygen atoms in total. The van der Waals surface area contributed by atoms with E-state index < -0.39 is 6.61 Å². The zero-order valence-electron chi connectivity index (χ0n) is 10.5. The van der Waals surface area contributed by atoms with Crippen LogP contribution in [0.3, 0.4) is 0 Å². The predicted octanol–water partition coefficient (Wildman–Crippen LogP) is 2.79. The first kappa shape index (κ1) is 13.1. The van der Waals surface area contributed by atoms with Crippen molar-refractivity contribution < 1.29 is 18.3 Å². The molecule has 5 heteroatoms. The monoisotopic (exact) mass is 257 g/mol. The molecule has 18 heavy (non-hydrogen) atoms. The van der Waals surface area contributed by atoms with Gasteiger partial charge in [-0.3, -0.25) is 0 Å². The third-order valence-electron chi connectivity index (χ3n) is 3.12. The first-order valence-corrected chi connectivity index (χ1v) is 5.95. The minimum absolute atomic E-state index is 0.0793. The highest BCUT2D eigenvalue weighted by atomic mass is 19.3. The van der Waals surface area contributed by atoms with Crippen molar-refractivity contribution in [3.05, 3.63) is 23.8 Å². The van der Waals surface area contributed by atoms with Gasteiger partial charge in [0.2, 0.25) is 0 Å². The second kappa shape index (κ2) is 5.52. The highest BCUT2D eigenvalue weighted by Crippen LogP contribution is 2.31. The van der Waals surface area contributed by atoms with Crippen LogP contribution >= 0.6 is 0 Å². The second-order valence-electron chi connectivity index (χ2n) is 4.56. The van der Waals surface area contributed by atoms with E-state index in [1.807, 2.05) is 6.07 Å². The van der Waals surface area contributed by atoms with Crippen LogP contribution in [0.5, 0.6) is 11.5 Å². The molecule has 2 rings (SSSR count). The molecule has 0 saturated heterocycles. The molecule has 1 aromatic rings. The van der Waals surface area contributed by atoms with E-state index in [-0.39, 0.29) is 5.75 Å². The summed E-state index contributed by atoms with van der Waals surface area (Å²) in [5.41, 5.74) is 0.908. The number of hydrogen-bond acceptors (Lipinski definition) is 3. The lowest BCUT2D eigenvalue weighted by molar-refractivity contribution is -0.0512. The molecule has 2 atom stereocenters. The molecule has 1 fully saturated rings. The lowest BCUT2D eigenvalue weighted by atomic mass is 10.2. The summed E-state index contributed by atoms with van der Waals surface area (Å²) >= 11 is 0. The first-order chi connectivity index (χ1) is 8.60. The molecule has 1 aliphatic rings. The van der Waals surface area contributed by atoms with Crippen LogP contribution in [-0.2, 0) is 6.54 Å². The Morgan fingerprint density at radius 2 is 2.11 bits per heavy atom. The maximum atomic E-state index is 12.3. The van der Waals surface area contributed by atoms with Crippen LogP contribution in [0.15, 0.2) is 18.2 Å². The van der Waals surface area contributed by atoms with Gasteiger partial charge >= 0.3 is 6.61 Å². The Hall–Kier alpha value is -1.36. The van der Waals surface area contributed by atoms with E-state index >= 15 is 0 Å². The summed E-state index contributed by atoms with van der Waals surface area (Å²) in [6.07, 6.45) is 1.18. The van der Waals surface area contributed by atoms with Crippen LogP contribution in [-0.4, -0.2) is 19.8 Å². The second-order valence-corrected chi connectivity index (χ2v) is 4.56. The van der Waals surface area contributed by atoms with Crippen LogP contribution in [0, 0.1) is 5.92 Å². The van der Waals surface area contributed by atoms with Gasteiger partial charge in [0.25, 0.3) is 0 Å². The van der Waals surface area contributed by atoms with Gasteiger partial charge in [0, 0.05) is 12.6 Å². The van der Waals surface area contributed by atoms with Gasteiger partial charge in [0.15, 0.2) is 11.5 Å². The molecule has 2 unspecified atom stereocenters. The predicted molar refractivity (Wildman–Crippen MR) is 64.0 cm³/mol. The zero-order chi connectivity index (χ0) is 13.1. The normalized spacial score (nSPS) is 22.1. The molecule has 1 aromatic carbocycles. The van der Waals surface area contributed by atoms with Gasteiger partial charge in [0.05, 0.1) is 7.11 Å². The SMILES string of the molecule is COc1ccc(CNC2CC2C)cc1OC(F)F. The van der Waals surface area contributed by atoms with Crippen molar-refractivity contribution in [3.8, 4) is 11.5 Å². The van der Waals surface area contributed by atoms with E-state index in [1.165, 1.54) is 13.5 Å². The summed E-state index contributed by atoms with van der Waals surface area (Å²) in [6.45, 7) is -0.0131. The highest BCUT2D eigenvalue weighted by molar-refractivity contribution is 5.43. The summed E-state index contributed by atoms with van der Waals surface area (Å²) in [7, 11) is 1.43. The molecule has 1 N–H and O–H groups in total. The summed E-state index contributed by atoms with van der Waals surface area (Å²) in [6, 6.07) is 5.62. The number of hydrogen-bond donors (Lipinski definition) is 1. The summed E-state index contributed by atoms with van der Waals surface area (Å²) in [5, 5.41) is 3.36. The maximum absolute atomic E-state index is 12.3. The topological polar surface area (TPSA) is 30.5 Å². The van der Waals surface area contributed by atoms with Crippen LogP contribution in [0.25, 0.3) is 0 Å². The minimum Gasteiger partial charge on any atom is -0.493 e. The van der Waals surface area contributed by atoms with Gasteiger partial charge < -0.3 is 14.8 Å². The van der Waals surface area contributed by atoms with Gasteiger partial charge in [-0.2, -0.15) is 8.78 Å². The van der Waals surface area contributed by atoms with Crippen LogP contribution < -0.4 is 14.8 Å². The molecular formula is C13H17F2NO2. The van der Waals surface area contributed by atoms with Crippen molar-refractivity contribution in [2.24, 2.45) is 5.92 Å². The van der Waals surface area contributed by atoms with Gasteiger partial charge in [-0.15, -0.1) is 0 Å². The number of methoxy groups -OCH3 is 1. The third-order valence-corrected chi connectivity index (χ3v) is 3.12. The summed E-state index contributed by atoms with van der Waals surface area (Å²) < 4.78 is 33.9. The average molecular weight is 257 g/mol. The van der Waals surface area contributed by atoms with Gasteiger partial charge in [0.1, 0.15) is 0 Å². The van der Waals surface area contributed by atoms with Crippen molar-refractivity contribution >= 4 is 0 Å². The van der Waals surface area contributed by atoms with E-state index in [1.54, 1.807) is 12.1 Å². The van der Waals surface area contributed by atoms with E-state index in [4.69, 9.17) is 4.74 Å². The first-order valence-electron chi connectivity index (χ1n) is 5.95. The zero-order valence-corrected chi connectivity index (χ0v) is 10.5. The summed E-state index contributed by atoms with van der Waals surface area (Å²) in [5.74, 6) is 1.11. The molecular weight excluding hydrogens is 240 g/mol. The Morgan fingerprint density at radius 3 is 2.67 bits per heavy atom. The van der Waals surface area contributed by atoms with Crippen molar-refractivity contribution in [1.82, 2.24) is 5.32 Å². The molecule has 0 aliphatic heterocycles.